The highest BCUT2D eigenvalue weighted by Crippen LogP contribution is 2.33. The van der Waals surface area contributed by atoms with Crippen molar-refractivity contribution in [2.45, 2.75) is 0 Å². The van der Waals surface area contributed by atoms with E-state index in [1.54, 1.807) is 6.26 Å². The maximum absolute atomic E-state index is 5.96. The van der Waals surface area contributed by atoms with Gasteiger partial charge in [-0.2, -0.15) is 0 Å². The predicted octanol–water partition coefficient (Wildman–Crippen LogP) is 3.68. The topological polar surface area (TPSA) is 39.2 Å². The van der Waals surface area contributed by atoms with Crippen LogP contribution in [0.15, 0.2) is 59.2 Å². The Balaban J connectivity index is 2.31. The highest BCUT2D eigenvalue weighted by molar-refractivity contribution is 5.96. The zero-order chi connectivity index (χ0) is 11.0. The molecule has 0 spiro atoms. The first-order valence-corrected chi connectivity index (χ1v) is 5.17. The molecule has 0 unspecified atom stereocenters. The zero-order valence-corrected chi connectivity index (χ0v) is 8.68. The largest absolute Gasteiger partial charge is 0.464 e. The minimum atomic E-state index is 0.772. The van der Waals surface area contributed by atoms with E-state index in [2.05, 4.69) is 0 Å². The Bertz CT molecular complexity index is 640. The number of furan rings is 1. The SMILES string of the molecule is Nc1ccccc1-c1coc2ccccc12. The summed E-state index contributed by atoms with van der Waals surface area (Å²) in [7, 11) is 0. The highest BCUT2D eigenvalue weighted by atomic mass is 16.3. The van der Waals surface area contributed by atoms with Crippen molar-refractivity contribution in [3.63, 3.8) is 0 Å². The van der Waals surface area contributed by atoms with Gasteiger partial charge in [-0.25, -0.2) is 0 Å². The van der Waals surface area contributed by atoms with Gasteiger partial charge in [0.1, 0.15) is 5.58 Å². The molecule has 0 radical (unpaired) electrons. The molecule has 0 atom stereocenters. The summed E-state index contributed by atoms with van der Waals surface area (Å²) in [5.74, 6) is 0. The molecule has 1 aromatic heterocycles. The van der Waals surface area contributed by atoms with Gasteiger partial charge in [-0.15, -0.1) is 0 Å². The van der Waals surface area contributed by atoms with Crippen molar-refractivity contribution in [1.29, 1.82) is 0 Å². The molecule has 0 aliphatic heterocycles. The molecule has 0 saturated carbocycles. The van der Waals surface area contributed by atoms with Crippen LogP contribution in [0.25, 0.3) is 22.1 Å². The average molecular weight is 209 g/mol. The summed E-state index contributed by atoms with van der Waals surface area (Å²) >= 11 is 0. The first-order valence-electron chi connectivity index (χ1n) is 5.17. The molecule has 2 N–H and O–H groups in total. The fourth-order valence-corrected chi connectivity index (χ4v) is 1.93. The summed E-state index contributed by atoms with van der Waals surface area (Å²) in [6.07, 6.45) is 1.76. The molecule has 0 aliphatic rings. The number of anilines is 1. The van der Waals surface area contributed by atoms with Crippen molar-refractivity contribution >= 4 is 16.7 Å². The van der Waals surface area contributed by atoms with Gasteiger partial charge in [0.15, 0.2) is 0 Å². The molecular formula is C14H11NO. The van der Waals surface area contributed by atoms with E-state index in [9.17, 15) is 0 Å². The molecule has 0 amide bonds. The van der Waals surface area contributed by atoms with E-state index in [0.717, 1.165) is 27.8 Å². The monoisotopic (exact) mass is 209 g/mol. The molecule has 3 aromatic rings. The van der Waals surface area contributed by atoms with Crippen molar-refractivity contribution in [3.8, 4) is 11.1 Å². The minimum absolute atomic E-state index is 0.772. The van der Waals surface area contributed by atoms with Crippen LogP contribution >= 0.6 is 0 Å². The number of hydrogen-bond donors (Lipinski definition) is 1. The van der Waals surface area contributed by atoms with Gasteiger partial charge in [0.2, 0.25) is 0 Å². The number of rotatable bonds is 1. The maximum Gasteiger partial charge on any atom is 0.134 e. The third-order valence-electron chi connectivity index (χ3n) is 2.73. The zero-order valence-electron chi connectivity index (χ0n) is 8.68. The lowest BCUT2D eigenvalue weighted by atomic mass is 10.0. The quantitative estimate of drug-likeness (QED) is 0.621. The second-order valence-corrected chi connectivity index (χ2v) is 3.73. The predicted molar refractivity (Wildman–Crippen MR) is 66.1 cm³/mol. The minimum Gasteiger partial charge on any atom is -0.464 e. The van der Waals surface area contributed by atoms with Gasteiger partial charge in [0, 0.05) is 22.2 Å². The number of benzene rings is 2. The molecule has 2 heteroatoms. The first kappa shape index (κ1) is 9.04. The Hall–Kier alpha value is -2.22. The molecule has 16 heavy (non-hydrogen) atoms. The number of para-hydroxylation sites is 2. The fraction of sp³-hybridized carbons (Fsp3) is 0. The van der Waals surface area contributed by atoms with Gasteiger partial charge in [0.25, 0.3) is 0 Å². The van der Waals surface area contributed by atoms with E-state index in [-0.39, 0.29) is 0 Å². The lowest BCUT2D eigenvalue weighted by Crippen LogP contribution is -1.87. The van der Waals surface area contributed by atoms with Gasteiger partial charge in [-0.1, -0.05) is 36.4 Å². The summed E-state index contributed by atoms with van der Waals surface area (Å²) < 4.78 is 5.50. The summed E-state index contributed by atoms with van der Waals surface area (Å²) in [6.45, 7) is 0. The van der Waals surface area contributed by atoms with E-state index >= 15 is 0 Å². The third-order valence-corrected chi connectivity index (χ3v) is 2.73. The van der Waals surface area contributed by atoms with Gasteiger partial charge in [0.05, 0.1) is 6.26 Å². The smallest absolute Gasteiger partial charge is 0.134 e. The summed E-state index contributed by atoms with van der Waals surface area (Å²) in [5, 5.41) is 1.10. The van der Waals surface area contributed by atoms with Crippen molar-refractivity contribution in [3.05, 3.63) is 54.8 Å². The van der Waals surface area contributed by atoms with Crippen LogP contribution in [0.5, 0.6) is 0 Å². The van der Waals surface area contributed by atoms with Gasteiger partial charge in [-0.3, -0.25) is 0 Å². The maximum atomic E-state index is 5.96. The second-order valence-electron chi connectivity index (χ2n) is 3.73. The Labute approximate surface area is 93.3 Å². The first-order chi connectivity index (χ1) is 7.86. The van der Waals surface area contributed by atoms with Gasteiger partial charge < -0.3 is 10.2 Å². The van der Waals surface area contributed by atoms with Crippen molar-refractivity contribution in [2.24, 2.45) is 0 Å². The normalized spacial score (nSPS) is 10.8. The molecule has 0 aliphatic carbocycles. The van der Waals surface area contributed by atoms with Crippen LogP contribution in [0.2, 0.25) is 0 Å². The molecule has 0 saturated heterocycles. The van der Waals surface area contributed by atoms with Crippen molar-refractivity contribution < 1.29 is 4.42 Å². The van der Waals surface area contributed by atoms with E-state index in [1.807, 2.05) is 48.5 Å². The summed E-state index contributed by atoms with van der Waals surface area (Å²) in [4.78, 5) is 0. The molecule has 0 bridgehead atoms. The lowest BCUT2D eigenvalue weighted by molar-refractivity contribution is 0.617. The summed E-state index contributed by atoms with van der Waals surface area (Å²) in [6, 6.07) is 15.8. The third kappa shape index (κ3) is 1.27. The van der Waals surface area contributed by atoms with Crippen LogP contribution in [-0.4, -0.2) is 0 Å². The standard InChI is InChI=1S/C14H11NO/c15-13-7-3-1-5-10(13)12-9-16-14-8-4-2-6-11(12)14/h1-9H,15H2. The molecule has 2 nitrogen and oxygen atoms in total. The van der Waals surface area contributed by atoms with Crippen LogP contribution in [0.3, 0.4) is 0 Å². The van der Waals surface area contributed by atoms with E-state index in [1.165, 1.54) is 0 Å². The Kier molecular flexibility index (Phi) is 1.93. The molecular weight excluding hydrogens is 198 g/mol. The number of fused-ring (bicyclic) bond motifs is 1. The number of nitrogens with two attached hydrogens (primary N) is 1. The second kappa shape index (κ2) is 3.42. The highest BCUT2D eigenvalue weighted by Gasteiger charge is 2.08. The van der Waals surface area contributed by atoms with Crippen LogP contribution in [-0.2, 0) is 0 Å². The van der Waals surface area contributed by atoms with Crippen LogP contribution in [0.4, 0.5) is 5.69 Å². The molecule has 2 aromatic carbocycles. The Morgan fingerprint density at radius 1 is 0.812 bits per heavy atom. The van der Waals surface area contributed by atoms with E-state index in [4.69, 9.17) is 10.2 Å². The van der Waals surface area contributed by atoms with Crippen molar-refractivity contribution in [2.75, 3.05) is 5.73 Å². The van der Waals surface area contributed by atoms with E-state index in [0.29, 0.717) is 0 Å². The van der Waals surface area contributed by atoms with Crippen LogP contribution in [0.1, 0.15) is 0 Å². The van der Waals surface area contributed by atoms with Gasteiger partial charge in [-0.05, 0) is 12.1 Å². The molecule has 1 heterocycles. The average Bonchev–Trinajstić information content (AvgIpc) is 2.74. The molecule has 3 rings (SSSR count). The lowest BCUT2D eigenvalue weighted by Gasteiger charge is -2.02. The number of hydrogen-bond acceptors (Lipinski definition) is 2. The Morgan fingerprint density at radius 3 is 2.44 bits per heavy atom. The summed E-state index contributed by atoms with van der Waals surface area (Å²) in [5.41, 5.74) is 9.69. The Morgan fingerprint density at radius 2 is 1.56 bits per heavy atom. The van der Waals surface area contributed by atoms with Crippen molar-refractivity contribution in [1.82, 2.24) is 0 Å². The van der Waals surface area contributed by atoms with E-state index < -0.39 is 0 Å². The van der Waals surface area contributed by atoms with Crippen LogP contribution < -0.4 is 5.73 Å². The molecule has 78 valence electrons. The molecule has 0 fully saturated rings. The fourth-order valence-electron chi connectivity index (χ4n) is 1.93. The van der Waals surface area contributed by atoms with Crippen LogP contribution in [0, 0.1) is 0 Å². The van der Waals surface area contributed by atoms with Gasteiger partial charge >= 0.3 is 0 Å². The number of nitrogen functional groups attached to an aromatic ring is 1.